The lowest BCUT2D eigenvalue weighted by molar-refractivity contribution is 0.914. The largest absolute Gasteiger partial charge is 0.353 e. The number of benzene rings is 6. The molecule has 4 aliphatic rings. The summed E-state index contributed by atoms with van der Waals surface area (Å²) in [5.74, 6) is 0. The molecule has 4 aliphatic heterocycles. The Hall–Kier alpha value is -9.81. The van der Waals surface area contributed by atoms with Crippen molar-refractivity contribution in [1.29, 1.82) is 0 Å². The van der Waals surface area contributed by atoms with Gasteiger partial charge in [0.05, 0.1) is 98.4 Å². The van der Waals surface area contributed by atoms with Crippen molar-refractivity contribution in [3.63, 3.8) is 0 Å². The Bertz CT molecular complexity index is 5880. The maximum atomic E-state index is 7.16. The summed E-state index contributed by atoms with van der Waals surface area (Å²) in [5, 5.41) is 14.4. The Morgan fingerprint density at radius 2 is 0.519 bits per heavy atom. The third kappa shape index (κ3) is 13.8. The van der Waals surface area contributed by atoms with Crippen molar-refractivity contribution >= 4 is 121 Å². The fourth-order valence-corrected chi connectivity index (χ4v) is 17.7. The molecular formula is C93H81Cl6N9. The van der Waals surface area contributed by atoms with Crippen molar-refractivity contribution in [2.45, 2.75) is 119 Å². The minimum atomic E-state index is 0.525. The molecule has 15 heteroatoms. The number of aliphatic imine (C=N–C) groups is 3. The summed E-state index contributed by atoms with van der Waals surface area (Å²) in [6.45, 7) is 13.4. The van der Waals surface area contributed by atoms with Crippen LogP contribution in [0.3, 0.4) is 0 Å². The SMILES string of the molecule is CCCC1=CC2=c3ccc(n3-c3ccccc3)=c3cc(CCC)c([nH]3)=C(c3cc(Cl)cc(Cl)c3)C3=NC(=c4ccc(n4-c4ccccc4)=c4cc(CCC)c([nH]4)=C(c4cc(Cl)cc(Cl)c4)C4=NC(=c5ccc(n5-c5ccccc5)=c5cc(CCC)c([nH]5)=C(c5cc(Cl)cc(Cl)c5)C1=N2)C=C4CCC)C=C3CCC. The molecule has 540 valence electrons. The van der Waals surface area contributed by atoms with Gasteiger partial charge in [-0.3, -0.25) is 0 Å². The molecule has 18 bridgehead atoms. The number of hydrogen-bond acceptors (Lipinski definition) is 3. The van der Waals surface area contributed by atoms with E-state index in [2.05, 4.69) is 234 Å². The maximum Gasteiger partial charge on any atom is 0.0881 e. The number of aryl methyl sites for hydroxylation is 3. The lowest BCUT2D eigenvalue weighted by Gasteiger charge is -2.13. The molecule has 0 spiro atoms. The zero-order valence-electron chi connectivity index (χ0n) is 61.2. The van der Waals surface area contributed by atoms with Crippen molar-refractivity contribution in [3.8, 4) is 17.1 Å². The smallest absolute Gasteiger partial charge is 0.0881 e. The summed E-state index contributed by atoms with van der Waals surface area (Å²) < 4.78 is 7.04. The summed E-state index contributed by atoms with van der Waals surface area (Å²) >= 11 is 42.9. The summed E-state index contributed by atoms with van der Waals surface area (Å²) in [6.07, 6.45) is 16.7. The van der Waals surface area contributed by atoms with Gasteiger partial charge in [0, 0.05) is 63.9 Å². The molecule has 10 heterocycles. The topological polar surface area (TPSA) is 99.2 Å². The molecule has 0 unspecified atom stereocenters. The van der Waals surface area contributed by atoms with Crippen LogP contribution in [-0.4, -0.2) is 45.8 Å². The molecule has 6 aromatic carbocycles. The van der Waals surface area contributed by atoms with E-state index >= 15 is 0 Å². The monoisotopic (exact) mass is 1530 g/mol. The van der Waals surface area contributed by atoms with Crippen molar-refractivity contribution in [2.24, 2.45) is 15.0 Å². The number of H-pyrrole nitrogens is 3. The molecular weight excluding hydrogens is 1460 g/mol. The van der Waals surface area contributed by atoms with E-state index in [0.717, 1.165) is 259 Å². The van der Waals surface area contributed by atoms with Crippen LogP contribution >= 0.6 is 69.6 Å². The molecule has 108 heavy (non-hydrogen) atoms. The molecule has 0 saturated carbocycles. The van der Waals surface area contributed by atoms with E-state index in [9.17, 15) is 0 Å². The number of allylic oxidation sites excluding steroid dienone is 3. The Morgan fingerprint density at radius 3 is 0.759 bits per heavy atom. The van der Waals surface area contributed by atoms with Gasteiger partial charge in [-0.25, -0.2) is 15.0 Å². The number of fused-ring (bicyclic) bond motifs is 15. The van der Waals surface area contributed by atoms with Crippen molar-refractivity contribution < 1.29 is 0 Å². The number of halogens is 6. The van der Waals surface area contributed by atoms with Crippen LogP contribution in [0.25, 0.3) is 50.9 Å². The highest BCUT2D eigenvalue weighted by atomic mass is 35.5. The summed E-state index contributed by atoms with van der Waals surface area (Å²) in [4.78, 5) is 30.1. The molecule has 0 amide bonds. The van der Waals surface area contributed by atoms with Gasteiger partial charge in [-0.15, -0.1) is 0 Å². The molecule has 12 aromatic rings. The van der Waals surface area contributed by atoms with E-state index < -0.39 is 0 Å². The van der Waals surface area contributed by atoms with Crippen LogP contribution in [0.1, 0.15) is 133 Å². The van der Waals surface area contributed by atoms with Crippen LogP contribution in [0.4, 0.5) is 0 Å². The lowest BCUT2D eigenvalue weighted by Crippen LogP contribution is -2.21. The number of nitrogens with zero attached hydrogens (tertiary/aromatic N) is 6. The van der Waals surface area contributed by atoms with Crippen molar-refractivity contribution in [3.05, 3.63) is 363 Å². The average molecular weight is 1540 g/mol. The van der Waals surface area contributed by atoms with E-state index in [-0.39, 0.29) is 0 Å². The van der Waals surface area contributed by atoms with Gasteiger partial charge < -0.3 is 28.7 Å². The number of nitrogens with one attached hydrogen (secondary N) is 3. The highest BCUT2D eigenvalue weighted by Crippen LogP contribution is 2.37. The predicted octanol–water partition coefficient (Wildman–Crippen LogP) is 20.6. The quantitative estimate of drug-likeness (QED) is 0.0763. The van der Waals surface area contributed by atoms with Gasteiger partial charge in [0.15, 0.2) is 0 Å². The van der Waals surface area contributed by atoms with Gasteiger partial charge >= 0.3 is 0 Å². The first-order valence-electron chi connectivity index (χ1n) is 37.7. The number of aromatic amines is 3. The van der Waals surface area contributed by atoms with Gasteiger partial charge in [0.1, 0.15) is 0 Å². The molecule has 0 fully saturated rings. The Balaban J connectivity index is 1.15. The van der Waals surface area contributed by atoms with Gasteiger partial charge in [-0.1, -0.05) is 204 Å². The van der Waals surface area contributed by atoms with Gasteiger partial charge in [0.2, 0.25) is 0 Å². The number of para-hydroxylation sites is 3. The van der Waals surface area contributed by atoms with Crippen LogP contribution < -0.4 is 32.1 Å². The summed E-state index contributed by atoms with van der Waals surface area (Å²) in [6, 6.07) is 69.6. The van der Waals surface area contributed by atoms with E-state index in [1.807, 2.05) is 36.4 Å². The molecule has 9 nitrogen and oxygen atoms in total. The van der Waals surface area contributed by atoms with Crippen LogP contribution in [0.2, 0.25) is 30.1 Å². The second kappa shape index (κ2) is 31.0. The molecule has 0 aliphatic carbocycles. The predicted molar refractivity (Wildman–Crippen MR) is 451 cm³/mol. The third-order valence-electron chi connectivity index (χ3n) is 20.6. The van der Waals surface area contributed by atoms with Gasteiger partial charge in [0.25, 0.3) is 0 Å². The number of hydrogen-bond donors (Lipinski definition) is 3. The molecule has 0 atom stereocenters. The van der Waals surface area contributed by atoms with Gasteiger partial charge in [-0.2, -0.15) is 0 Å². The average Bonchev–Trinajstić information content (AvgIpc) is 1.59. The molecule has 0 radical (unpaired) electrons. The second-order valence-corrected chi connectivity index (χ2v) is 30.8. The van der Waals surface area contributed by atoms with Crippen molar-refractivity contribution in [1.82, 2.24) is 28.7 Å². The zero-order chi connectivity index (χ0) is 74.4. The van der Waals surface area contributed by atoms with E-state index in [1.165, 1.54) is 0 Å². The fraction of sp³-hybridized carbons (Fsp3) is 0.194. The molecule has 16 rings (SSSR count). The van der Waals surface area contributed by atoms with E-state index in [4.69, 9.17) is 84.6 Å². The molecule has 3 N–H and O–H groups in total. The highest BCUT2D eigenvalue weighted by molar-refractivity contribution is 6.40. The lowest BCUT2D eigenvalue weighted by atomic mass is 9.92. The number of rotatable bonds is 18. The minimum Gasteiger partial charge on any atom is -0.353 e. The Morgan fingerprint density at radius 1 is 0.278 bits per heavy atom. The normalized spacial score (nSPS) is 14.2. The molecule has 0 saturated heterocycles. The maximum absolute atomic E-state index is 7.16. The van der Waals surface area contributed by atoms with Crippen LogP contribution in [0.5, 0.6) is 0 Å². The third-order valence-corrected chi connectivity index (χ3v) is 21.9. The first kappa shape index (κ1) is 72.4. The van der Waals surface area contributed by atoms with Crippen LogP contribution in [0.15, 0.2) is 250 Å². The van der Waals surface area contributed by atoms with E-state index in [0.29, 0.717) is 30.1 Å². The standard InChI is InChI=1S/C93H81Cl6N9/c1-7-22-55-46-73-79-34-35-80(106(79)70-28-16-13-17-29-70)75-48-57(24-9-3)90(102-75)86(62-42-66(96)53-67(97)43-62)91-59(26-11-5)50-77(104-91)83-38-39-84(108(83)72-32-20-15-21-33-72)78-51-60(27-12-6)93(105-78)87(63-44-68(98)54-69(99)45-63)92-58(25-10-4)49-76(103-92)82-37-36-81(107(82)71-30-18-14-19-31-71)74-47-56(23-8-2)89(101-74)85(88(55)100-73)61-40-64(94)52-65(95)41-61/h13-21,28-54,100,103-104H,7-12,22-27H2,1-6H3. The van der Waals surface area contributed by atoms with Gasteiger partial charge in [-0.05, 0) is 252 Å². The zero-order valence-corrected chi connectivity index (χ0v) is 65.8. The highest BCUT2D eigenvalue weighted by Gasteiger charge is 2.29. The summed E-state index contributed by atoms with van der Waals surface area (Å²) in [7, 11) is 0. The Labute approximate surface area is 657 Å². The fourth-order valence-electron chi connectivity index (χ4n) is 16.2. The second-order valence-electron chi connectivity index (χ2n) is 28.2. The number of aromatic nitrogens is 6. The first-order chi connectivity index (χ1) is 52.7. The van der Waals surface area contributed by atoms with Crippen molar-refractivity contribution in [2.75, 3.05) is 0 Å². The van der Waals surface area contributed by atoms with Crippen LogP contribution in [0, 0.1) is 32.1 Å². The summed E-state index contributed by atoms with van der Waals surface area (Å²) in [5.41, 5.74) is 19.9. The van der Waals surface area contributed by atoms with Crippen LogP contribution in [-0.2, 0) is 19.3 Å². The minimum absolute atomic E-state index is 0.525. The Kier molecular flexibility index (Phi) is 20.8. The van der Waals surface area contributed by atoms with E-state index in [1.54, 1.807) is 18.2 Å². The molecule has 6 aromatic heterocycles. The first-order valence-corrected chi connectivity index (χ1v) is 40.0.